The van der Waals surface area contributed by atoms with E-state index in [0.717, 1.165) is 37.8 Å². The van der Waals surface area contributed by atoms with Gasteiger partial charge in [0, 0.05) is 31.7 Å². The van der Waals surface area contributed by atoms with E-state index in [1.54, 1.807) is 0 Å². The van der Waals surface area contributed by atoms with Crippen LogP contribution in [0.3, 0.4) is 0 Å². The Labute approximate surface area is 181 Å². The molecule has 1 rings (SSSR count). The Hall–Kier alpha value is -0.730. The third kappa shape index (κ3) is 10.4. The zero-order chi connectivity index (χ0) is 18.7. The zero-order valence-corrected chi connectivity index (χ0v) is 19.8. The van der Waals surface area contributed by atoms with Gasteiger partial charge in [-0.1, -0.05) is 11.6 Å². The van der Waals surface area contributed by atoms with E-state index in [9.17, 15) is 0 Å². The molecule has 0 bridgehead atoms. The van der Waals surface area contributed by atoms with Gasteiger partial charge in [0.15, 0.2) is 5.96 Å². The second-order valence-electron chi connectivity index (χ2n) is 6.48. The van der Waals surface area contributed by atoms with Crippen molar-refractivity contribution in [3.63, 3.8) is 0 Å². The number of benzene rings is 1. The molecule has 0 heterocycles. The highest BCUT2D eigenvalue weighted by Crippen LogP contribution is 2.15. The lowest BCUT2D eigenvalue weighted by Crippen LogP contribution is -2.41. The van der Waals surface area contributed by atoms with E-state index >= 15 is 0 Å². The van der Waals surface area contributed by atoms with Gasteiger partial charge in [-0.2, -0.15) is 0 Å². The van der Waals surface area contributed by atoms with Crippen LogP contribution >= 0.6 is 35.6 Å². The molecular formula is C19H34ClIN4O. The number of rotatable bonds is 10. The minimum absolute atomic E-state index is 0. The molecule has 0 amide bonds. The SMILES string of the molecule is CN=C(NCCCCN(C)C(C)C)N(C)CCOc1ccc(Cl)cc1.I. The van der Waals surface area contributed by atoms with Gasteiger partial charge < -0.3 is 19.9 Å². The molecule has 1 N–H and O–H groups in total. The Kier molecular flexibility index (Phi) is 13.9. The first-order chi connectivity index (χ1) is 11.9. The number of nitrogens with zero attached hydrogens (tertiary/aromatic N) is 3. The van der Waals surface area contributed by atoms with Crippen LogP contribution in [0.15, 0.2) is 29.3 Å². The van der Waals surface area contributed by atoms with Gasteiger partial charge in [0.25, 0.3) is 0 Å². The van der Waals surface area contributed by atoms with Crippen LogP contribution in [0, 0.1) is 0 Å². The molecule has 26 heavy (non-hydrogen) atoms. The van der Waals surface area contributed by atoms with Crippen LogP contribution in [0.4, 0.5) is 0 Å². The number of ether oxygens (including phenoxy) is 1. The number of guanidine groups is 1. The maximum absolute atomic E-state index is 5.87. The molecule has 0 unspecified atom stereocenters. The third-order valence-corrected chi connectivity index (χ3v) is 4.44. The molecule has 7 heteroatoms. The summed E-state index contributed by atoms with van der Waals surface area (Å²) < 4.78 is 5.73. The highest BCUT2D eigenvalue weighted by molar-refractivity contribution is 14.0. The highest BCUT2D eigenvalue weighted by atomic mass is 127. The van der Waals surface area contributed by atoms with Crippen molar-refractivity contribution in [1.29, 1.82) is 0 Å². The summed E-state index contributed by atoms with van der Waals surface area (Å²) in [7, 11) is 6.00. The minimum atomic E-state index is 0. The lowest BCUT2D eigenvalue weighted by molar-refractivity contribution is 0.268. The Bertz CT molecular complexity index is 511. The number of aliphatic imine (C=N–C) groups is 1. The molecule has 0 spiro atoms. The van der Waals surface area contributed by atoms with E-state index in [1.165, 1.54) is 6.42 Å². The largest absolute Gasteiger partial charge is 0.492 e. The molecule has 0 aliphatic heterocycles. The Morgan fingerprint density at radius 1 is 1.15 bits per heavy atom. The molecule has 0 aromatic heterocycles. The predicted octanol–water partition coefficient (Wildman–Crippen LogP) is 3.96. The quantitative estimate of drug-likeness (QED) is 0.230. The van der Waals surface area contributed by atoms with E-state index in [2.05, 4.69) is 41.0 Å². The molecule has 0 saturated heterocycles. The van der Waals surface area contributed by atoms with E-state index in [1.807, 2.05) is 38.4 Å². The second-order valence-corrected chi connectivity index (χ2v) is 6.92. The zero-order valence-electron chi connectivity index (χ0n) is 16.7. The van der Waals surface area contributed by atoms with Crippen LogP contribution in [-0.2, 0) is 0 Å². The molecule has 150 valence electrons. The number of hydrogen-bond donors (Lipinski definition) is 1. The molecule has 0 saturated carbocycles. The summed E-state index contributed by atoms with van der Waals surface area (Å²) in [6.07, 6.45) is 2.31. The summed E-state index contributed by atoms with van der Waals surface area (Å²) in [5.41, 5.74) is 0. The first-order valence-corrected chi connectivity index (χ1v) is 9.32. The lowest BCUT2D eigenvalue weighted by Gasteiger charge is -2.23. The van der Waals surface area contributed by atoms with Crippen LogP contribution in [0.5, 0.6) is 5.75 Å². The van der Waals surface area contributed by atoms with Gasteiger partial charge in [-0.3, -0.25) is 4.99 Å². The van der Waals surface area contributed by atoms with Crippen molar-refractivity contribution in [2.75, 3.05) is 47.4 Å². The van der Waals surface area contributed by atoms with Gasteiger partial charge >= 0.3 is 0 Å². The van der Waals surface area contributed by atoms with Crippen LogP contribution in [-0.4, -0.2) is 69.2 Å². The van der Waals surface area contributed by atoms with Crippen LogP contribution in [0.2, 0.25) is 5.02 Å². The van der Waals surface area contributed by atoms with Gasteiger partial charge in [-0.15, -0.1) is 24.0 Å². The van der Waals surface area contributed by atoms with Crippen molar-refractivity contribution in [3.05, 3.63) is 29.3 Å². The molecule has 1 aromatic carbocycles. The average molecular weight is 497 g/mol. The molecule has 0 fully saturated rings. The molecule has 0 aliphatic carbocycles. The summed E-state index contributed by atoms with van der Waals surface area (Å²) in [6, 6.07) is 8.02. The van der Waals surface area contributed by atoms with E-state index in [-0.39, 0.29) is 24.0 Å². The molecule has 5 nitrogen and oxygen atoms in total. The number of halogens is 2. The number of hydrogen-bond acceptors (Lipinski definition) is 3. The summed E-state index contributed by atoms with van der Waals surface area (Å²) in [5, 5.41) is 4.13. The fourth-order valence-corrected chi connectivity index (χ4v) is 2.39. The monoisotopic (exact) mass is 496 g/mol. The summed E-state index contributed by atoms with van der Waals surface area (Å²) >= 11 is 5.87. The molecular weight excluding hydrogens is 463 g/mol. The fourth-order valence-electron chi connectivity index (χ4n) is 2.27. The molecule has 0 aliphatic rings. The Morgan fingerprint density at radius 2 is 1.81 bits per heavy atom. The normalized spacial score (nSPS) is 11.5. The van der Waals surface area contributed by atoms with Gasteiger partial charge in [0.05, 0.1) is 6.54 Å². The summed E-state index contributed by atoms with van der Waals surface area (Å²) in [5.74, 6) is 1.73. The lowest BCUT2D eigenvalue weighted by atomic mass is 10.2. The Balaban J connectivity index is 0.00000625. The highest BCUT2D eigenvalue weighted by Gasteiger charge is 2.06. The maximum atomic E-state index is 5.87. The van der Waals surface area contributed by atoms with Gasteiger partial charge in [-0.05, 0) is 64.5 Å². The van der Waals surface area contributed by atoms with Crippen LogP contribution < -0.4 is 10.1 Å². The number of likely N-dealkylation sites (N-methyl/N-ethyl adjacent to an activating group) is 1. The van der Waals surface area contributed by atoms with Gasteiger partial charge in [0.1, 0.15) is 12.4 Å². The van der Waals surface area contributed by atoms with Crippen LogP contribution in [0.25, 0.3) is 0 Å². The van der Waals surface area contributed by atoms with Crippen molar-refractivity contribution in [3.8, 4) is 5.75 Å². The number of unbranched alkanes of at least 4 members (excludes halogenated alkanes) is 1. The summed E-state index contributed by atoms with van der Waals surface area (Å²) in [4.78, 5) is 8.78. The topological polar surface area (TPSA) is 40.1 Å². The standard InChI is InChI=1S/C19H33ClN4O.HI/c1-16(2)23(4)13-7-6-12-22-19(21-3)24(5)14-15-25-18-10-8-17(20)9-11-18;/h8-11,16H,6-7,12-15H2,1-5H3,(H,21,22);1H. The smallest absolute Gasteiger partial charge is 0.193 e. The average Bonchev–Trinajstić information content (AvgIpc) is 2.59. The molecule has 0 atom stereocenters. The minimum Gasteiger partial charge on any atom is -0.492 e. The van der Waals surface area contributed by atoms with Crippen molar-refractivity contribution in [2.24, 2.45) is 4.99 Å². The molecule has 0 radical (unpaired) electrons. The summed E-state index contributed by atoms with van der Waals surface area (Å²) in [6.45, 7) is 7.86. The van der Waals surface area contributed by atoms with E-state index < -0.39 is 0 Å². The van der Waals surface area contributed by atoms with Crippen LogP contribution in [0.1, 0.15) is 26.7 Å². The predicted molar refractivity (Wildman–Crippen MR) is 123 cm³/mol. The van der Waals surface area contributed by atoms with Gasteiger partial charge in [0.2, 0.25) is 0 Å². The Morgan fingerprint density at radius 3 is 2.38 bits per heavy atom. The van der Waals surface area contributed by atoms with Crippen molar-refractivity contribution in [1.82, 2.24) is 15.1 Å². The first kappa shape index (κ1) is 25.3. The number of nitrogens with one attached hydrogen (secondary N) is 1. The van der Waals surface area contributed by atoms with Crippen molar-refractivity contribution < 1.29 is 4.74 Å². The van der Waals surface area contributed by atoms with E-state index in [0.29, 0.717) is 17.7 Å². The van der Waals surface area contributed by atoms with Crippen molar-refractivity contribution >= 4 is 41.5 Å². The van der Waals surface area contributed by atoms with Crippen molar-refractivity contribution in [2.45, 2.75) is 32.7 Å². The fraction of sp³-hybridized carbons (Fsp3) is 0.632. The third-order valence-electron chi connectivity index (χ3n) is 4.18. The van der Waals surface area contributed by atoms with E-state index in [4.69, 9.17) is 16.3 Å². The second kappa shape index (κ2) is 14.3. The molecule has 1 aromatic rings. The maximum Gasteiger partial charge on any atom is 0.193 e. The first-order valence-electron chi connectivity index (χ1n) is 8.94. The van der Waals surface area contributed by atoms with Gasteiger partial charge in [-0.25, -0.2) is 0 Å².